The molecule has 190 valence electrons. The first-order valence-electron chi connectivity index (χ1n) is 13.1. The molecule has 7 nitrogen and oxygen atoms in total. The highest BCUT2D eigenvalue weighted by atomic mass is 19.1. The molecule has 0 spiro atoms. The van der Waals surface area contributed by atoms with E-state index in [1.54, 1.807) is 23.6 Å². The molecule has 3 aromatic rings. The molecule has 1 aliphatic carbocycles. The minimum Gasteiger partial charge on any atom is -0.466 e. The first-order chi connectivity index (χ1) is 17.4. The number of nitrogens with zero attached hydrogens (tertiary/aromatic N) is 4. The first-order valence-corrected chi connectivity index (χ1v) is 13.1. The number of fused-ring (bicyclic) bond motifs is 1. The van der Waals surface area contributed by atoms with Gasteiger partial charge in [-0.15, -0.1) is 0 Å². The summed E-state index contributed by atoms with van der Waals surface area (Å²) in [5, 5.41) is 4.63. The number of amides is 1. The van der Waals surface area contributed by atoms with Crippen LogP contribution in [0.15, 0.2) is 30.3 Å². The molecule has 0 bridgehead atoms. The smallest absolute Gasteiger partial charge is 0.309 e. The second-order valence-electron chi connectivity index (χ2n) is 9.92. The summed E-state index contributed by atoms with van der Waals surface area (Å²) in [6, 6.07) is 8.79. The van der Waals surface area contributed by atoms with Crippen LogP contribution in [0.5, 0.6) is 0 Å². The van der Waals surface area contributed by atoms with Crippen LogP contribution < -0.4 is 0 Å². The van der Waals surface area contributed by atoms with Crippen molar-refractivity contribution in [3.8, 4) is 11.3 Å². The van der Waals surface area contributed by atoms with Gasteiger partial charge < -0.3 is 9.64 Å². The number of hydrogen-bond donors (Lipinski definition) is 0. The van der Waals surface area contributed by atoms with E-state index in [1.807, 2.05) is 24.0 Å². The van der Waals surface area contributed by atoms with Gasteiger partial charge >= 0.3 is 5.97 Å². The highest BCUT2D eigenvalue weighted by Gasteiger charge is 2.45. The molecule has 3 heterocycles. The number of ether oxygens (including phenoxy) is 1. The van der Waals surface area contributed by atoms with Crippen molar-refractivity contribution in [1.82, 2.24) is 19.5 Å². The van der Waals surface area contributed by atoms with Crippen LogP contribution >= 0.6 is 0 Å². The van der Waals surface area contributed by atoms with Crippen LogP contribution in [0, 0.1) is 11.7 Å². The van der Waals surface area contributed by atoms with Crippen LogP contribution in [-0.2, 0) is 16.0 Å². The van der Waals surface area contributed by atoms with Gasteiger partial charge in [0.15, 0.2) is 5.65 Å². The number of rotatable bonds is 6. The lowest BCUT2D eigenvalue weighted by Gasteiger charge is -2.27. The van der Waals surface area contributed by atoms with E-state index in [0.29, 0.717) is 42.0 Å². The summed E-state index contributed by atoms with van der Waals surface area (Å²) in [5.41, 5.74) is 3.42. The van der Waals surface area contributed by atoms with Gasteiger partial charge in [-0.05, 0) is 69.2 Å². The highest BCUT2D eigenvalue weighted by molar-refractivity contribution is 5.93. The number of likely N-dealkylation sites (tertiary alicyclic amines) is 1. The molecule has 0 N–H and O–H groups in total. The topological polar surface area (TPSA) is 76.8 Å². The molecule has 1 aromatic carbocycles. The zero-order valence-corrected chi connectivity index (χ0v) is 21.2. The van der Waals surface area contributed by atoms with Crippen molar-refractivity contribution >= 4 is 17.5 Å². The Morgan fingerprint density at radius 1 is 1.14 bits per heavy atom. The lowest BCUT2D eigenvalue weighted by molar-refractivity contribution is -0.144. The molecule has 0 radical (unpaired) electrons. The van der Waals surface area contributed by atoms with Crippen molar-refractivity contribution < 1.29 is 18.7 Å². The third kappa shape index (κ3) is 4.61. The van der Waals surface area contributed by atoms with Gasteiger partial charge in [-0.25, -0.2) is 13.9 Å². The Morgan fingerprint density at radius 2 is 1.97 bits per heavy atom. The lowest BCUT2D eigenvalue weighted by atomic mass is 10.0. The number of halogens is 1. The third-order valence-electron chi connectivity index (χ3n) is 7.47. The van der Waals surface area contributed by atoms with Crippen LogP contribution in [0.3, 0.4) is 0 Å². The zero-order chi connectivity index (χ0) is 25.4. The SMILES string of the molecule is CCOC(=O)C1CC1c1ccc(-c2cc3nc(C(=O)N4CCCCCC4C)cc(CC)n3n2)c(F)c1. The summed E-state index contributed by atoms with van der Waals surface area (Å²) in [6.45, 7) is 6.98. The predicted octanol–water partition coefficient (Wildman–Crippen LogP) is 5.17. The maximum absolute atomic E-state index is 15.2. The average Bonchev–Trinajstić information content (AvgIpc) is 3.61. The van der Waals surface area contributed by atoms with E-state index in [0.717, 1.165) is 43.5 Å². The second kappa shape index (κ2) is 9.99. The first kappa shape index (κ1) is 24.4. The van der Waals surface area contributed by atoms with Crippen LogP contribution in [0.2, 0.25) is 0 Å². The van der Waals surface area contributed by atoms with E-state index in [2.05, 4.69) is 17.0 Å². The van der Waals surface area contributed by atoms with Gasteiger partial charge in [0.05, 0.1) is 18.2 Å². The summed E-state index contributed by atoms with van der Waals surface area (Å²) < 4.78 is 22.0. The Morgan fingerprint density at radius 3 is 2.72 bits per heavy atom. The van der Waals surface area contributed by atoms with Crippen LogP contribution in [0.4, 0.5) is 4.39 Å². The molecular formula is C28H33FN4O3. The maximum Gasteiger partial charge on any atom is 0.309 e. The van der Waals surface area contributed by atoms with Gasteiger partial charge in [0.2, 0.25) is 0 Å². The number of hydrogen-bond acceptors (Lipinski definition) is 5. The molecule has 8 heteroatoms. The van der Waals surface area contributed by atoms with Crippen LogP contribution in [0.1, 0.15) is 80.5 Å². The summed E-state index contributed by atoms with van der Waals surface area (Å²) in [7, 11) is 0. The molecule has 36 heavy (non-hydrogen) atoms. The number of carbonyl (C=O) groups is 2. The van der Waals surface area contributed by atoms with Gasteiger partial charge in [0, 0.05) is 29.9 Å². The van der Waals surface area contributed by atoms with E-state index < -0.39 is 5.82 Å². The van der Waals surface area contributed by atoms with Crippen molar-refractivity contribution in [3.05, 3.63) is 53.1 Å². The van der Waals surface area contributed by atoms with Crippen molar-refractivity contribution in [2.45, 2.75) is 71.3 Å². The van der Waals surface area contributed by atoms with Gasteiger partial charge in [0.25, 0.3) is 5.91 Å². The van der Waals surface area contributed by atoms with Crippen molar-refractivity contribution in [2.24, 2.45) is 5.92 Å². The maximum atomic E-state index is 15.2. The summed E-state index contributed by atoms with van der Waals surface area (Å²) >= 11 is 0. The lowest BCUT2D eigenvalue weighted by Crippen LogP contribution is -2.38. The summed E-state index contributed by atoms with van der Waals surface area (Å²) in [6.07, 6.45) is 5.63. The number of esters is 1. The van der Waals surface area contributed by atoms with E-state index in [9.17, 15) is 9.59 Å². The van der Waals surface area contributed by atoms with Crippen molar-refractivity contribution in [3.63, 3.8) is 0 Å². The van der Waals surface area contributed by atoms with E-state index >= 15 is 4.39 Å². The van der Waals surface area contributed by atoms with Crippen molar-refractivity contribution in [1.29, 1.82) is 0 Å². The Balaban J connectivity index is 1.43. The van der Waals surface area contributed by atoms with Gasteiger partial charge in [0.1, 0.15) is 11.5 Å². The molecule has 5 rings (SSSR count). The predicted molar refractivity (Wildman–Crippen MR) is 134 cm³/mol. The van der Waals surface area contributed by atoms with Gasteiger partial charge in [-0.2, -0.15) is 5.10 Å². The van der Waals surface area contributed by atoms with Crippen molar-refractivity contribution in [2.75, 3.05) is 13.2 Å². The standard InChI is InChI=1S/C28H33FN4O3/c1-4-19-14-25(27(34)32-12-8-6-7-9-17(32)3)30-26-16-24(31-33(19)26)20-11-10-18(13-23(20)29)21-15-22(21)28(35)36-5-2/h10-11,13-14,16-17,21-22H,4-9,12,15H2,1-3H3. The minimum absolute atomic E-state index is 0.00280. The zero-order valence-electron chi connectivity index (χ0n) is 21.2. The van der Waals surface area contributed by atoms with Crippen LogP contribution in [0.25, 0.3) is 16.9 Å². The third-order valence-corrected chi connectivity index (χ3v) is 7.47. The highest BCUT2D eigenvalue weighted by Crippen LogP contribution is 2.48. The summed E-state index contributed by atoms with van der Waals surface area (Å²) in [5.74, 6) is -0.856. The minimum atomic E-state index is -0.391. The molecule has 1 saturated heterocycles. The molecule has 2 fully saturated rings. The molecule has 1 amide bonds. The number of aryl methyl sites for hydroxylation is 1. The monoisotopic (exact) mass is 492 g/mol. The van der Waals surface area contributed by atoms with Crippen LogP contribution in [-0.4, -0.2) is 50.6 Å². The van der Waals surface area contributed by atoms with E-state index in [1.165, 1.54) is 6.07 Å². The quantitative estimate of drug-likeness (QED) is 0.444. The molecule has 1 saturated carbocycles. The Kier molecular flexibility index (Phi) is 6.77. The number of benzene rings is 1. The normalized spacial score (nSPS) is 21.9. The van der Waals surface area contributed by atoms with Gasteiger partial charge in [-0.1, -0.05) is 25.8 Å². The Hall–Kier alpha value is -3.29. The number of aromatic nitrogens is 3. The van der Waals surface area contributed by atoms with Gasteiger partial charge in [-0.3, -0.25) is 9.59 Å². The average molecular weight is 493 g/mol. The summed E-state index contributed by atoms with van der Waals surface area (Å²) in [4.78, 5) is 31.9. The molecule has 3 atom stereocenters. The second-order valence-corrected chi connectivity index (χ2v) is 9.92. The molecule has 1 aliphatic heterocycles. The molecule has 2 aromatic heterocycles. The van der Waals surface area contributed by atoms with E-state index in [-0.39, 0.29) is 29.8 Å². The fourth-order valence-corrected chi connectivity index (χ4v) is 5.30. The van der Waals surface area contributed by atoms with E-state index in [4.69, 9.17) is 4.74 Å². The molecule has 3 unspecified atom stereocenters. The Bertz CT molecular complexity index is 1300. The fraction of sp³-hybridized carbons (Fsp3) is 0.500. The largest absolute Gasteiger partial charge is 0.466 e. The fourth-order valence-electron chi connectivity index (χ4n) is 5.30. The molecule has 2 aliphatic rings. The number of carbonyl (C=O) groups excluding carboxylic acids is 2. The molecular weight excluding hydrogens is 459 g/mol. The Labute approximate surface area is 210 Å².